The summed E-state index contributed by atoms with van der Waals surface area (Å²) in [6.07, 6.45) is 0. The highest BCUT2D eigenvalue weighted by atomic mass is 32.2. The molecule has 0 saturated carbocycles. The summed E-state index contributed by atoms with van der Waals surface area (Å²) in [6, 6.07) is 13.2. The van der Waals surface area contributed by atoms with Gasteiger partial charge in [0.05, 0.1) is 6.54 Å². The van der Waals surface area contributed by atoms with Crippen molar-refractivity contribution in [2.45, 2.75) is 33.2 Å². The first kappa shape index (κ1) is 18.6. The van der Waals surface area contributed by atoms with Crippen LogP contribution in [0.25, 0.3) is 4.91 Å². The van der Waals surface area contributed by atoms with Crippen LogP contribution in [-0.4, -0.2) is 21.0 Å². The van der Waals surface area contributed by atoms with Crippen LogP contribution in [-0.2, 0) is 16.6 Å². The molecule has 146 valence electrons. The van der Waals surface area contributed by atoms with E-state index in [4.69, 9.17) is 9.47 Å². The number of hydrogen-bond acceptors (Lipinski definition) is 5. The Bertz CT molecular complexity index is 1080. The second-order valence-electron chi connectivity index (χ2n) is 7.19. The zero-order chi connectivity index (χ0) is 19.9. The van der Waals surface area contributed by atoms with E-state index in [0.717, 1.165) is 5.56 Å². The van der Waals surface area contributed by atoms with Gasteiger partial charge in [0.2, 0.25) is 6.79 Å². The van der Waals surface area contributed by atoms with Gasteiger partial charge in [-0.05, 0) is 41.7 Å². The van der Waals surface area contributed by atoms with Crippen LogP contribution in [0.2, 0.25) is 0 Å². The Kier molecular flexibility index (Phi) is 4.63. The third-order valence-electron chi connectivity index (χ3n) is 4.89. The van der Waals surface area contributed by atoms with Gasteiger partial charge in [0.25, 0.3) is 10.0 Å². The van der Waals surface area contributed by atoms with Gasteiger partial charge in [-0.1, -0.05) is 44.2 Å². The van der Waals surface area contributed by atoms with Crippen LogP contribution in [0.15, 0.2) is 53.0 Å². The van der Waals surface area contributed by atoms with Gasteiger partial charge in [-0.15, -0.1) is 0 Å². The fraction of sp³-hybridized carbons (Fsp3) is 0.286. The minimum atomic E-state index is -3.63. The molecule has 0 radical (unpaired) electrons. The highest BCUT2D eigenvalue weighted by Gasteiger charge is 2.32. The van der Waals surface area contributed by atoms with Crippen LogP contribution in [0.4, 0.5) is 0 Å². The molecule has 2 aliphatic heterocycles. The number of ether oxygens (including phenoxy) is 2. The molecule has 0 aliphatic carbocycles. The maximum Gasteiger partial charge on any atom is 0.264 e. The molecule has 0 atom stereocenters. The molecule has 0 fully saturated rings. The Hall–Kier alpha value is -2.80. The maximum absolute atomic E-state index is 12.7. The summed E-state index contributed by atoms with van der Waals surface area (Å²) in [5.41, 5.74) is 3.38. The van der Waals surface area contributed by atoms with Crippen LogP contribution in [0, 0.1) is 0 Å². The molecule has 0 unspecified atom stereocenters. The summed E-state index contributed by atoms with van der Waals surface area (Å²) in [6.45, 7) is 6.55. The number of benzene rings is 2. The van der Waals surface area contributed by atoms with Crippen molar-refractivity contribution in [3.63, 3.8) is 0 Å². The van der Waals surface area contributed by atoms with Crippen LogP contribution in [0.5, 0.6) is 11.5 Å². The number of nitrogens with zero attached hydrogens (tertiary/aromatic N) is 1. The van der Waals surface area contributed by atoms with Crippen molar-refractivity contribution in [1.82, 2.24) is 4.72 Å². The first-order valence-corrected chi connectivity index (χ1v) is 10.6. The van der Waals surface area contributed by atoms with Crippen LogP contribution in [0.3, 0.4) is 0 Å². The topological polar surface area (TPSA) is 77.0 Å². The van der Waals surface area contributed by atoms with Gasteiger partial charge in [0, 0.05) is 5.57 Å². The normalized spacial score (nSPS) is 18.8. The van der Waals surface area contributed by atoms with Crippen LogP contribution < -0.4 is 14.2 Å². The second-order valence-corrected chi connectivity index (χ2v) is 8.81. The zero-order valence-corrected chi connectivity index (χ0v) is 16.8. The third kappa shape index (κ3) is 3.38. The number of rotatable bonds is 4. The van der Waals surface area contributed by atoms with E-state index >= 15 is 0 Å². The fourth-order valence-corrected chi connectivity index (χ4v) is 4.84. The standard InChI is InChI=1S/C21H22N2O4S/c1-13(2)16-5-7-17(8-6-16)20-14(3)21(23-28(20,24)25)22-11-15-4-9-18-19(10-15)27-12-26-18/h4-10,13H,11-12H2,1-3H3,(H,22,23). The lowest BCUT2D eigenvalue weighted by atomic mass is 10.0. The molecule has 2 aliphatic rings. The van der Waals surface area contributed by atoms with Crippen molar-refractivity contribution in [3.8, 4) is 11.5 Å². The maximum atomic E-state index is 12.7. The van der Waals surface area contributed by atoms with Crippen LogP contribution in [0.1, 0.15) is 43.4 Å². The van der Waals surface area contributed by atoms with E-state index in [1.54, 1.807) is 6.92 Å². The number of hydrogen-bond donors (Lipinski definition) is 1. The van der Waals surface area contributed by atoms with Gasteiger partial charge in [-0.25, -0.2) is 8.42 Å². The van der Waals surface area contributed by atoms with Crippen molar-refractivity contribution in [2.75, 3.05) is 6.79 Å². The average Bonchev–Trinajstić information content (AvgIpc) is 3.21. The van der Waals surface area contributed by atoms with E-state index in [9.17, 15) is 8.42 Å². The molecule has 0 spiro atoms. The highest BCUT2D eigenvalue weighted by molar-refractivity contribution is 8.00. The Morgan fingerprint density at radius 1 is 1.07 bits per heavy atom. The summed E-state index contributed by atoms with van der Waals surface area (Å²) in [5, 5.41) is 0. The second kappa shape index (κ2) is 6.98. The van der Waals surface area contributed by atoms with Crippen molar-refractivity contribution < 1.29 is 17.9 Å². The largest absolute Gasteiger partial charge is 0.454 e. The van der Waals surface area contributed by atoms with Crippen molar-refractivity contribution >= 4 is 20.8 Å². The number of amidine groups is 1. The molecule has 4 rings (SSSR count). The molecule has 6 nitrogen and oxygen atoms in total. The molecule has 0 bridgehead atoms. The average molecular weight is 398 g/mol. The molecule has 2 heterocycles. The fourth-order valence-electron chi connectivity index (χ4n) is 3.32. The smallest absolute Gasteiger partial charge is 0.264 e. The summed E-state index contributed by atoms with van der Waals surface area (Å²) in [7, 11) is -3.63. The number of sulfonamides is 1. The monoisotopic (exact) mass is 398 g/mol. The van der Waals surface area contributed by atoms with Gasteiger partial charge >= 0.3 is 0 Å². The van der Waals surface area contributed by atoms with E-state index in [1.807, 2.05) is 42.5 Å². The molecule has 1 N–H and O–H groups in total. The van der Waals surface area contributed by atoms with Gasteiger partial charge in [-0.3, -0.25) is 9.71 Å². The summed E-state index contributed by atoms with van der Waals surface area (Å²) >= 11 is 0. The molecule has 28 heavy (non-hydrogen) atoms. The highest BCUT2D eigenvalue weighted by Crippen LogP contribution is 2.33. The van der Waals surface area contributed by atoms with Crippen LogP contribution >= 0.6 is 0 Å². The molecule has 2 aromatic rings. The lowest BCUT2D eigenvalue weighted by Gasteiger charge is -2.07. The Balaban J connectivity index is 1.63. The minimum absolute atomic E-state index is 0.216. The summed E-state index contributed by atoms with van der Waals surface area (Å²) in [4.78, 5) is 4.77. The van der Waals surface area contributed by atoms with Crippen molar-refractivity contribution in [3.05, 3.63) is 64.7 Å². The lowest BCUT2D eigenvalue weighted by molar-refractivity contribution is 0.174. The molecular formula is C21H22N2O4S. The number of nitrogens with one attached hydrogen (secondary N) is 1. The SMILES string of the molecule is CC1=C(c2ccc(C(C)C)cc2)S(=O)(=O)NC1=NCc1ccc2c(c1)OCO2. The Morgan fingerprint density at radius 2 is 1.79 bits per heavy atom. The minimum Gasteiger partial charge on any atom is -0.454 e. The molecule has 0 aromatic heterocycles. The quantitative estimate of drug-likeness (QED) is 0.850. The molecule has 0 saturated heterocycles. The van der Waals surface area contributed by atoms with Gasteiger partial charge in [-0.2, -0.15) is 0 Å². The Labute approximate surface area is 165 Å². The Morgan fingerprint density at radius 3 is 2.50 bits per heavy atom. The zero-order valence-electron chi connectivity index (χ0n) is 16.0. The lowest BCUT2D eigenvalue weighted by Crippen LogP contribution is -2.23. The van der Waals surface area contributed by atoms with Gasteiger partial charge < -0.3 is 9.47 Å². The van der Waals surface area contributed by atoms with E-state index in [1.165, 1.54) is 5.56 Å². The van der Waals surface area contributed by atoms with E-state index < -0.39 is 10.0 Å². The van der Waals surface area contributed by atoms with E-state index in [2.05, 4.69) is 23.6 Å². The third-order valence-corrected chi connectivity index (χ3v) is 6.43. The first-order chi connectivity index (χ1) is 13.3. The number of fused-ring (bicyclic) bond motifs is 1. The van der Waals surface area contributed by atoms with Gasteiger partial charge in [0.15, 0.2) is 11.5 Å². The summed E-state index contributed by atoms with van der Waals surface area (Å²) < 4.78 is 38.6. The molecule has 0 amide bonds. The number of aliphatic imine (C=N–C) groups is 1. The van der Waals surface area contributed by atoms with E-state index in [-0.39, 0.29) is 11.7 Å². The van der Waals surface area contributed by atoms with E-state index in [0.29, 0.717) is 40.9 Å². The van der Waals surface area contributed by atoms with Gasteiger partial charge in [0.1, 0.15) is 10.7 Å². The first-order valence-electron chi connectivity index (χ1n) is 9.12. The molecule has 7 heteroatoms. The molecular weight excluding hydrogens is 376 g/mol. The summed E-state index contributed by atoms with van der Waals surface area (Å²) in [5.74, 6) is 2.16. The predicted molar refractivity (Wildman–Crippen MR) is 109 cm³/mol. The van der Waals surface area contributed by atoms with Crippen molar-refractivity contribution in [2.24, 2.45) is 4.99 Å². The molecule has 2 aromatic carbocycles. The van der Waals surface area contributed by atoms with Crippen molar-refractivity contribution in [1.29, 1.82) is 0 Å². The predicted octanol–water partition coefficient (Wildman–Crippen LogP) is 3.80.